The van der Waals surface area contributed by atoms with Gasteiger partial charge in [0.15, 0.2) is 6.61 Å². The van der Waals surface area contributed by atoms with Gasteiger partial charge in [0.2, 0.25) is 0 Å². The van der Waals surface area contributed by atoms with E-state index in [2.05, 4.69) is 10.6 Å². The van der Waals surface area contributed by atoms with E-state index in [4.69, 9.17) is 4.74 Å². The lowest BCUT2D eigenvalue weighted by atomic mass is 10.1. The highest BCUT2D eigenvalue weighted by Gasteiger charge is 2.19. The van der Waals surface area contributed by atoms with Gasteiger partial charge < -0.3 is 15.4 Å². The van der Waals surface area contributed by atoms with Crippen LogP contribution in [-0.4, -0.2) is 30.4 Å². The molecule has 0 radical (unpaired) electrons. The van der Waals surface area contributed by atoms with Gasteiger partial charge in [-0.3, -0.25) is 9.59 Å². The minimum Gasteiger partial charge on any atom is -0.454 e. The molecule has 0 spiro atoms. The average Bonchev–Trinajstić information content (AvgIpc) is 2.63. The first-order valence-electron chi connectivity index (χ1n) is 8.26. The van der Waals surface area contributed by atoms with E-state index >= 15 is 0 Å². The summed E-state index contributed by atoms with van der Waals surface area (Å²) in [6.07, 6.45) is 0. The summed E-state index contributed by atoms with van der Waals surface area (Å²) < 4.78 is 4.98. The standard InChI is InChI=1S/C20H22N2O4/c1-13-9-10-14(2)17(11-13)22-18(23)12-26-20(25)15(3)21-19(24)16-7-5-4-6-8-16/h4-11,15H,12H2,1-3H3,(H,21,24)(H,22,23)/t15-/m0/s1. The summed E-state index contributed by atoms with van der Waals surface area (Å²) in [6.45, 7) is 4.89. The third kappa shape index (κ3) is 5.44. The van der Waals surface area contributed by atoms with Gasteiger partial charge in [-0.1, -0.05) is 30.3 Å². The molecule has 136 valence electrons. The maximum atomic E-state index is 12.0. The Balaban J connectivity index is 1.82. The summed E-state index contributed by atoms with van der Waals surface area (Å²) in [5, 5.41) is 5.25. The van der Waals surface area contributed by atoms with Gasteiger partial charge in [0.05, 0.1) is 0 Å². The molecule has 2 N–H and O–H groups in total. The highest BCUT2D eigenvalue weighted by Crippen LogP contribution is 2.16. The number of rotatable bonds is 6. The van der Waals surface area contributed by atoms with Gasteiger partial charge in [0.25, 0.3) is 11.8 Å². The quantitative estimate of drug-likeness (QED) is 0.781. The predicted octanol–water partition coefficient (Wildman–Crippen LogP) is 2.60. The number of esters is 1. The minimum atomic E-state index is -0.865. The molecule has 0 saturated heterocycles. The fourth-order valence-corrected chi connectivity index (χ4v) is 2.25. The Hall–Kier alpha value is -3.15. The number of carbonyl (C=O) groups is 3. The summed E-state index contributed by atoms with van der Waals surface area (Å²) in [5.41, 5.74) is 3.05. The molecule has 0 heterocycles. The molecule has 0 bridgehead atoms. The second kappa shape index (κ2) is 8.80. The van der Waals surface area contributed by atoms with Crippen molar-refractivity contribution in [1.82, 2.24) is 5.32 Å². The lowest BCUT2D eigenvalue weighted by Crippen LogP contribution is -2.40. The van der Waals surface area contributed by atoms with Crippen LogP contribution in [0.1, 0.15) is 28.4 Å². The Bertz CT molecular complexity index is 803. The molecule has 0 unspecified atom stereocenters. The molecule has 2 aromatic carbocycles. The maximum Gasteiger partial charge on any atom is 0.328 e. The van der Waals surface area contributed by atoms with E-state index in [0.29, 0.717) is 11.3 Å². The lowest BCUT2D eigenvalue weighted by molar-refractivity contribution is -0.148. The van der Waals surface area contributed by atoms with Crippen molar-refractivity contribution >= 4 is 23.5 Å². The van der Waals surface area contributed by atoms with Crippen LogP contribution in [0.5, 0.6) is 0 Å². The molecular weight excluding hydrogens is 332 g/mol. The van der Waals surface area contributed by atoms with Crippen molar-refractivity contribution in [1.29, 1.82) is 0 Å². The first-order valence-corrected chi connectivity index (χ1v) is 8.26. The van der Waals surface area contributed by atoms with E-state index in [1.54, 1.807) is 30.3 Å². The van der Waals surface area contributed by atoms with E-state index in [1.165, 1.54) is 6.92 Å². The molecule has 0 fully saturated rings. The Labute approximate surface area is 152 Å². The SMILES string of the molecule is Cc1ccc(C)c(NC(=O)COC(=O)[C@H](C)NC(=O)c2ccccc2)c1. The number of benzene rings is 2. The third-order valence-electron chi connectivity index (χ3n) is 3.75. The van der Waals surface area contributed by atoms with Gasteiger partial charge in [-0.15, -0.1) is 0 Å². The van der Waals surface area contributed by atoms with E-state index < -0.39 is 24.5 Å². The summed E-state index contributed by atoms with van der Waals surface area (Å²) in [4.78, 5) is 36.0. The topological polar surface area (TPSA) is 84.5 Å². The maximum absolute atomic E-state index is 12.0. The second-order valence-electron chi connectivity index (χ2n) is 6.04. The summed E-state index contributed by atoms with van der Waals surface area (Å²) in [5.74, 6) is -1.49. The zero-order valence-electron chi connectivity index (χ0n) is 15.0. The van der Waals surface area contributed by atoms with Crippen molar-refractivity contribution in [3.63, 3.8) is 0 Å². The van der Waals surface area contributed by atoms with Crippen LogP contribution in [0.4, 0.5) is 5.69 Å². The Kier molecular flexibility index (Phi) is 6.49. The van der Waals surface area contributed by atoms with Crippen LogP contribution >= 0.6 is 0 Å². The molecule has 2 rings (SSSR count). The fourth-order valence-electron chi connectivity index (χ4n) is 2.25. The van der Waals surface area contributed by atoms with Crippen LogP contribution in [0.3, 0.4) is 0 Å². The van der Waals surface area contributed by atoms with Crippen LogP contribution in [-0.2, 0) is 14.3 Å². The minimum absolute atomic E-state index is 0.380. The normalized spacial score (nSPS) is 11.3. The fraction of sp³-hybridized carbons (Fsp3) is 0.250. The van der Waals surface area contributed by atoms with Crippen molar-refractivity contribution in [2.75, 3.05) is 11.9 Å². The predicted molar refractivity (Wildman–Crippen MR) is 98.9 cm³/mol. The van der Waals surface area contributed by atoms with Crippen LogP contribution < -0.4 is 10.6 Å². The molecule has 2 aromatic rings. The number of aryl methyl sites for hydroxylation is 2. The number of hydrogen-bond acceptors (Lipinski definition) is 4. The van der Waals surface area contributed by atoms with Gasteiger partial charge in [-0.2, -0.15) is 0 Å². The average molecular weight is 354 g/mol. The Morgan fingerprint density at radius 2 is 1.73 bits per heavy atom. The second-order valence-corrected chi connectivity index (χ2v) is 6.04. The van der Waals surface area contributed by atoms with E-state index in [-0.39, 0.29) is 5.91 Å². The van der Waals surface area contributed by atoms with E-state index in [9.17, 15) is 14.4 Å². The zero-order valence-corrected chi connectivity index (χ0v) is 15.0. The van der Waals surface area contributed by atoms with Gasteiger partial charge >= 0.3 is 5.97 Å². The van der Waals surface area contributed by atoms with Crippen LogP contribution in [0, 0.1) is 13.8 Å². The van der Waals surface area contributed by atoms with E-state index in [1.807, 2.05) is 32.0 Å². The molecule has 0 aliphatic rings. The highest BCUT2D eigenvalue weighted by molar-refractivity contribution is 5.97. The van der Waals surface area contributed by atoms with Crippen LogP contribution in [0.15, 0.2) is 48.5 Å². The Morgan fingerprint density at radius 3 is 2.42 bits per heavy atom. The van der Waals surface area contributed by atoms with Gasteiger partial charge in [-0.05, 0) is 50.1 Å². The molecular formula is C20H22N2O4. The van der Waals surface area contributed by atoms with E-state index in [0.717, 1.165) is 11.1 Å². The number of hydrogen-bond donors (Lipinski definition) is 2. The molecule has 6 nitrogen and oxygen atoms in total. The number of ether oxygens (including phenoxy) is 1. The third-order valence-corrected chi connectivity index (χ3v) is 3.75. The molecule has 0 aliphatic carbocycles. The molecule has 0 saturated carbocycles. The monoisotopic (exact) mass is 354 g/mol. The van der Waals surface area contributed by atoms with Gasteiger partial charge in [0, 0.05) is 11.3 Å². The molecule has 26 heavy (non-hydrogen) atoms. The largest absolute Gasteiger partial charge is 0.454 e. The van der Waals surface area contributed by atoms with Crippen LogP contribution in [0.25, 0.3) is 0 Å². The van der Waals surface area contributed by atoms with Crippen LogP contribution in [0.2, 0.25) is 0 Å². The van der Waals surface area contributed by atoms with Gasteiger partial charge in [-0.25, -0.2) is 4.79 Å². The lowest BCUT2D eigenvalue weighted by Gasteiger charge is -2.14. The number of amides is 2. The van der Waals surface area contributed by atoms with Crippen molar-refractivity contribution < 1.29 is 19.1 Å². The number of carbonyl (C=O) groups excluding carboxylic acids is 3. The van der Waals surface area contributed by atoms with Crippen molar-refractivity contribution in [2.45, 2.75) is 26.8 Å². The molecule has 0 aromatic heterocycles. The number of anilines is 1. The summed E-state index contributed by atoms with van der Waals surface area (Å²) in [7, 11) is 0. The van der Waals surface area contributed by atoms with Crippen molar-refractivity contribution in [3.05, 3.63) is 65.2 Å². The zero-order chi connectivity index (χ0) is 19.1. The number of nitrogens with one attached hydrogen (secondary N) is 2. The van der Waals surface area contributed by atoms with Gasteiger partial charge in [0.1, 0.15) is 6.04 Å². The molecule has 2 amide bonds. The van der Waals surface area contributed by atoms with Crippen molar-refractivity contribution in [2.24, 2.45) is 0 Å². The molecule has 6 heteroatoms. The highest BCUT2D eigenvalue weighted by atomic mass is 16.5. The van der Waals surface area contributed by atoms with Crippen molar-refractivity contribution in [3.8, 4) is 0 Å². The first kappa shape index (κ1) is 19.2. The summed E-state index contributed by atoms with van der Waals surface area (Å²) >= 11 is 0. The first-order chi connectivity index (χ1) is 12.4. The Morgan fingerprint density at radius 1 is 1.04 bits per heavy atom. The molecule has 1 atom stereocenters. The summed E-state index contributed by atoms with van der Waals surface area (Å²) in [6, 6.07) is 13.4. The molecule has 0 aliphatic heterocycles. The smallest absolute Gasteiger partial charge is 0.328 e.